The zero-order chi connectivity index (χ0) is 11.0. The first-order valence-corrected chi connectivity index (χ1v) is 4.33. The molecule has 0 unspecified atom stereocenters. The minimum absolute atomic E-state index is 0.299. The van der Waals surface area contributed by atoms with Crippen molar-refractivity contribution in [3.63, 3.8) is 0 Å². The number of amides is 1. The average Bonchev–Trinajstić information content (AvgIpc) is 2.09. The number of hydrogen-bond acceptors (Lipinski definition) is 3. The van der Waals surface area contributed by atoms with E-state index in [0.29, 0.717) is 31.6 Å². The molecule has 1 amide bonds. The maximum absolute atomic E-state index is 10.9. The summed E-state index contributed by atoms with van der Waals surface area (Å²) in [7, 11) is 0. The van der Waals surface area contributed by atoms with E-state index in [1.165, 1.54) is 0 Å². The second-order valence-electron chi connectivity index (χ2n) is 2.86. The summed E-state index contributed by atoms with van der Waals surface area (Å²) in [5.41, 5.74) is 0.369. The molecule has 0 rings (SSSR count). The highest BCUT2D eigenvalue weighted by Crippen LogP contribution is 1.95. The normalized spacial score (nSPS) is 9.21. The molecule has 0 aliphatic rings. The highest BCUT2D eigenvalue weighted by molar-refractivity contribution is 5.86. The average molecular weight is 201 g/mol. The molecule has 0 aromatic carbocycles. The molecule has 0 saturated carbocycles. The minimum atomic E-state index is -1.04. The van der Waals surface area contributed by atoms with Crippen LogP contribution in [-0.4, -0.2) is 30.3 Å². The standard InChI is InChI=1S/C9H15NO4/c1-7(2)8(11)14-6-4-3-5-10-9(12)13/h10H,1,3-6H2,2H3,(H,12,13). The molecule has 0 aliphatic heterocycles. The van der Waals surface area contributed by atoms with Crippen molar-refractivity contribution >= 4 is 12.1 Å². The monoisotopic (exact) mass is 201 g/mol. The van der Waals surface area contributed by atoms with Crippen LogP contribution < -0.4 is 5.32 Å². The number of nitrogens with one attached hydrogen (secondary N) is 1. The fourth-order valence-corrected chi connectivity index (χ4v) is 0.710. The highest BCUT2D eigenvalue weighted by Gasteiger charge is 2.01. The number of carbonyl (C=O) groups excluding carboxylic acids is 1. The third kappa shape index (κ3) is 7.15. The van der Waals surface area contributed by atoms with Crippen molar-refractivity contribution in [1.82, 2.24) is 5.32 Å². The molecular weight excluding hydrogens is 186 g/mol. The van der Waals surface area contributed by atoms with E-state index >= 15 is 0 Å². The van der Waals surface area contributed by atoms with Gasteiger partial charge in [0, 0.05) is 12.1 Å². The summed E-state index contributed by atoms with van der Waals surface area (Å²) in [5.74, 6) is -0.406. The van der Waals surface area contributed by atoms with Crippen molar-refractivity contribution in [2.45, 2.75) is 19.8 Å². The van der Waals surface area contributed by atoms with Crippen LogP contribution in [0.5, 0.6) is 0 Å². The summed E-state index contributed by atoms with van der Waals surface area (Å²) in [6.07, 6.45) is 0.249. The number of unbranched alkanes of at least 4 members (excludes halogenated alkanes) is 1. The van der Waals surface area contributed by atoms with Crippen LogP contribution in [0.25, 0.3) is 0 Å². The Hall–Kier alpha value is -1.52. The predicted molar refractivity (Wildman–Crippen MR) is 51.0 cm³/mol. The molecule has 2 N–H and O–H groups in total. The van der Waals surface area contributed by atoms with E-state index in [9.17, 15) is 9.59 Å². The second kappa shape index (κ2) is 6.94. The van der Waals surface area contributed by atoms with Crippen molar-refractivity contribution < 1.29 is 19.4 Å². The van der Waals surface area contributed by atoms with E-state index in [-0.39, 0.29) is 0 Å². The van der Waals surface area contributed by atoms with Crippen LogP contribution in [0.2, 0.25) is 0 Å². The summed E-state index contributed by atoms with van der Waals surface area (Å²) in [4.78, 5) is 20.9. The Kier molecular flexibility index (Phi) is 6.19. The Morgan fingerprint density at radius 2 is 2.07 bits per heavy atom. The molecule has 5 heteroatoms. The molecule has 0 saturated heterocycles. The van der Waals surface area contributed by atoms with Crippen LogP contribution in [0, 0.1) is 0 Å². The maximum Gasteiger partial charge on any atom is 0.404 e. The van der Waals surface area contributed by atoms with Crippen molar-refractivity contribution in [2.75, 3.05) is 13.2 Å². The lowest BCUT2D eigenvalue weighted by Crippen LogP contribution is -2.22. The van der Waals surface area contributed by atoms with E-state index in [2.05, 4.69) is 11.9 Å². The summed E-state index contributed by atoms with van der Waals surface area (Å²) in [5, 5.41) is 10.4. The van der Waals surface area contributed by atoms with E-state index in [1.54, 1.807) is 6.92 Å². The van der Waals surface area contributed by atoms with E-state index < -0.39 is 12.1 Å². The highest BCUT2D eigenvalue weighted by atomic mass is 16.5. The Balaban J connectivity index is 3.26. The van der Waals surface area contributed by atoms with Gasteiger partial charge in [0.25, 0.3) is 0 Å². The molecule has 0 aliphatic carbocycles. The van der Waals surface area contributed by atoms with Gasteiger partial charge in [0.1, 0.15) is 0 Å². The molecule has 0 aromatic rings. The quantitative estimate of drug-likeness (QED) is 0.384. The van der Waals surface area contributed by atoms with Gasteiger partial charge in [-0.05, 0) is 19.8 Å². The fourth-order valence-electron chi connectivity index (χ4n) is 0.710. The molecule has 0 heterocycles. The van der Waals surface area contributed by atoms with Crippen LogP contribution >= 0.6 is 0 Å². The van der Waals surface area contributed by atoms with Crippen LogP contribution in [-0.2, 0) is 9.53 Å². The number of ether oxygens (including phenoxy) is 1. The maximum atomic E-state index is 10.9. The topological polar surface area (TPSA) is 75.6 Å². The number of rotatable bonds is 6. The third-order valence-corrected chi connectivity index (χ3v) is 1.43. The Morgan fingerprint density at radius 3 is 2.57 bits per heavy atom. The minimum Gasteiger partial charge on any atom is -0.465 e. The van der Waals surface area contributed by atoms with Crippen molar-refractivity contribution in [3.05, 3.63) is 12.2 Å². The van der Waals surface area contributed by atoms with E-state index in [1.807, 2.05) is 0 Å². The van der Waals surface area contributed by atoms with Crippen LogP contribution in [0.3, 0.4) is 0 Å². The first-order valence-electron chi connectivity index (χ1n) is 4.33. The number of esters is 1. The van der Waals surface area contributed by atoms with Gasteiger partial charge in [-0.3, -0.25) is 0 Å². The lowest BCUT2D eigenvalue weighted by atomic mass is 10.3. The molecule has 14 heavy (non-hydrogen) atoms. The lowest BCUT2D eigenvalue weighted by molar-refractivity contribution is -0.139. The fraction of sp³-hybridized carbons (Fsp3) is 0.556. The van der Waals surface area contributed by atoms with Crippen molar-refractivity contribution in [2.24, 2.45) is 0 Å². The molecule has 0 fully saturated rings. The van der Waals surface area contributed by atoms with Gasteiger partial charge in [-0.1, -0.05) is 6.58 Å². The summed E-state index contributed by atoms with van der Waals surface area (Å²) in [6, 6.07) is 0. The van der Waals surface area contributed by atoms with Crippen molar-refractivity contribution in [1.29, 1.82) is 0 Å². The lowest BCUT2D eigenvalue weighted by Gasteiger charge is -2.03. The van der Waals surface area contributed by atoms with Gasteiger partial charge >= 0.3 is 12.1 Å². The summed E-state index contributed by atoms with van der Waals surface area (Å²) in [6.45, 7) is 5.68. The Labute approximate surface area is 82.7 Å². The Bertz CT molecular complexity index is 225. The molecule has 0 atom stereocenters. The van der Waals surface area contributed by atoms with Crippen LogP contribution in [0.15, 0.2) is 12.2 Å². The van der Waals surface area contributed by atoms with Gasteiger partial charge in [0.15, 0.2) is 0 Å². The molecule has 0 spiro atoms. The summed E-state index contributed by atoms with van der Waals surface area (Å²) >= 11 is 0. The largest absolute Gasteiger partial charge is 0.465 e. The Morgan fingerprint density at radius 1 is 1.43 bits per heavy atom. The predicted octanol–water partition coefficient (Wildman–Crippen LogP) is 1.15. The van der Waals surface area contributed by atoms with Gasteiger partial charge in [0.2, 0.25) is 0 Å². The summed E-state index contributed by atoms with van der Waals surface area (Å²) < 4.78 is 4.80. The molecule has 0 aromatic heterocycles. The SMILES string of the molecule is C=C(C)C(=O)OCCCCNC(=O)O. The van der Waals surface area contributed by atoms with E-state index in [4.69, 9.17) is 9.84 Å². The molecular formula is C9H15NO4. The van der Waals surface area contributed by atoms with Gasteiger partial charge in [-0.15, -0.1) is 0 Å². The molecule has 5 nitrogen and oxygen atoms in total. The van der Waals surface area contributed by atoms with Crippen LogP contribution in [0.1, 0.15) is 19.8 Å². The first kappa shape index (κ1) is 12.5. The number of carbonyl (C=O) groups is 2. The second-order valence-corrected chi connectivity index (χ2v) is 2.86. The smallest absolute Gasteiger partial charge is 0.404 e. The van der Waals surface area contributed by atoms with Gasteiger partial charge in [-0.25, -0.2) is 9.59 Å². The number of hydrogen-bond donors (Lipinski definition) is 2. The number of carboxylic acid groups (broad SMARTS) is 1. The molecule has 0 bridgehead atoms. The van der Waals surface area contributed by atoms with Crippen LogP contribution in [0.4, 0.5) is 4.79 Å². The first-order chi connectivity index (χ1) is 6.54. The zero-order valence-electron chi connectivity index (χ0n) is 8.21. The molecule has 80 valence electrons. The van der Waals surface area contributed by atoms with Gasteiger partial charge < -0.3 is 15.2 Å². The van der Waals surface area contributed by atoms with Gasteiger partial charge in [0.05, 0.1) is 6.61 Å². The van der Waals surface area contributed by atoms with E-state index in [0.717, 1.165) is 0 Å². The molecule has 0 radical (unpaired) electrons. The van der Waals surface area contributed by atoms with Crippen molar-refractivity contribution in [3.8, 4) is 0 Å². The third-order valence-electron chi connectivity index (χ3n) is 1.43. The zero-order valence-corrected chi connectivity index (χ0v) is 8.21. The van der Waals surface area contributed by atoms with Gasteiger partial charge in [-0.2, -0.15) is 0 Å².